The first-order valence-corrected chi connectivity index (χ1v) is 7.78. The highest BCUT2D eigenvalue weighted by atomic mass is 32.1. The lowest BCUT2D eigenvalue weighted by molar-refractivity contribution is 0.318. The molecule has 0 bridgehead atoms. The smallest absolute Gasteiger partial charge is 0.173 e. The average molecular weight is 302 g/mol. The zero-order valence-corrected chi connectivity index (χ0v) is 12.9. The monoisotopic (exact) mass is 302 g/mol. The van der Waals surface area contributed by atoms with Crippen molar-refractivity contribution in [2.75, 3.05) is 11.4 Å². The van der Waals surface area contributed by atoms with Crippen molar-refractivity contribution in [3.05, 3.63) is 45.3 Å². The SMILES string of the molecule is Cc1ccc(C(N)=NO)c(N2CCc3sccc3C2C)n1. The third-order valence-electron chi connectivity index (χ3n) is 3.95. The first kappa shape index (κ1) is 13.9. The Hall–Kier alpha value is -2.08. The van der Waals surface area contributed by atoms with Gasteiger partial charge in [0.2, 0.25) is 0 Å². The molecular weight excluding hydrogens is 284 g/mol. The summed E-state index contributed by atoms with van der Waals surface area (Å²) in [5, 5.41) is 14.3. The Labute approximate surface area is 127 Å². The molecule has 1 atom stereocenters. The fourth-order valence-electron chi connectivity index (χ4n) is 2.81. The van der Waals surface area contributed by atoms with E-state index in [9.17, 15) is 0 Å². The molecule has 0 fully saturated rings. The molecule has 3 N–H and O–H groups in total. The maximum absolute atomic E-state index is 8.99. The fraction of sp³-hybridized carbons (Fsp3) is 0.333. The second-order valence-electron chi connectivity index (χ2n) is 5.23. The van der Waals surface area contributed by atoms with Crippen LogP contribution in [0.5, 0.6) is 0 Å². The van der Waals surface area contributed by atoms with Gasteiger partial charge in [0.1, 0.15) is 5.82 Å². The van der Waals surface area contributed by atoms with Gasteiger partial charge in [-0.25, -0.2) is 4.98 Å². The van der Waals surface area contributed by atoms with Gasteiger partial charge in [0, 0.05) is 17.1 Å². The second kappa shape index (κ2) is 5.37. The van der Waals surface area contributed by atoms with Gasteiger partial charge in [-0.15, -0.1) is 11.3 Å². The van der Waals surface area contributed by atoms with E-state index in [0.29, 0.717) is 5.56 Å². The molecule has 1 aliphatic heterocycles. The highest BCUT2D eigenvalue weighted by Crippen LogP contribution is 2.36. The number of anilines is 1. The van der Waals surface area contributed by atoms with Crippen LogP contribution < -0.4 is 10.6 Å². The van der Waals surface area contributed by atoms with Gasteiger partial charge in [-0.2, -0.15) is 0 Å². The van der Waals surface area contributed by atoms with Crippen LogP contribution in [0.3, 0.4) is 0 Å². The second-order valence-corrected chi connectivity index (χ2v) is 6.23. The van der Waals surface area contributed by atoms with Crippen LogP contribution in [0.4, 0.5) is 5.82 Å². The van der Waals surface area contributed by atoms with Crippen LogP contribution in [-0.4, -0.2) is 22.6 Å². The highest BCUT2D eigenvalue weighted by molar-refractivity contribution is 7.10. The maximum Gasteiger partial charge on any atom is 0.173 e. The van der Waals surface area contributed by atoms with Crippen LogP contribution in [-0.2, 0) is 6.42 Å². The summed E-state index contributed by atoms with van der Waals surface area (Å²) >= 11 is 1.81. The molecule has 2 aromatic heterocycles. The lowest BCUT2D eigenvalue weighted by Gasteiger charge is -2.35. The van der Waals surface area contributed by atoms with Crippen molar-refractivity contribution in [1.82, 2.24) is 4.98 Å². The van der Waals surface area contributed by atoms with Crippen LogP contribution in [0.25, 0.3) is 0 Å². The Balaban J connectivity index is 2.07. The number of oxime groups is 1. The number of rotatable bonds is 2. The van der Waals surface area contributed by atoms with Crippen LogP contribution in [0, 0.1) is 6.92 Å². The summed E-state index contributed by atoms with van der Waals surface area (Å²) in [4.78, 5) is 8.30. The molecule has 1 unspecified atom stereocenters. The van der Waals surface area contributed by atoms with E-state index in [4.69, 9.17) is 10.9 Å². The first-order valence-electron chi connectivity index (χ1n) is 6.90. The molecule has 5 nitrogen and oxygen atoms in total. The molecule has 21 heavy (non-hydrogen) atoms. The predicted octanol–water partition coefficient (Wildman–Crippen LogP) is 2.67. The molecule has 0 spiro atoms. The molecule has 1 aliphatic rings. The van der Waals surface area contributed by atoms with Gasteiger partial charge in [-0.3, -0.25) is 0 Å². The molecule has 2 aromatic rings. The lowest BCUT2D eigenvalue weighted by atomic mass is 10.0. The van der Waals surface area contributed by atoms with E-state index >= 15 is 0 Å². The Morgan fingerprint density at radius 1 is 1.48 bits per heavy atom. The van der Waals surface area contributed by atoms with Gasteiger partial charge in [-0.05, 0) is 49.4 Å². The fourth-order valence-corrected chi connectivity index (χ4v) is 3.78. The number of nitrogens with two attached hydrogens (primary N) is 1. The summed E-state index contributed by atoms with van der Waals surface area (Å²) in [5.74, 6) is 0.885. The minimum absolute atomic E-state index is 0.0980. The van der Waals surface area contributed by atoms with E-state index in [1.807, 2.05) is 30.4 Å². The van der Waals surface area contributed by atoms with Crippen LogP contribution in [0.1, 0.15) is 34.7 Å². The molecule has 3 rings (SSSR count). The number of aryl methyl sites for hydroxylation is 1. The summed E-state index contributed by atoms with van der Waals surface area (Å²) in [6.45, 7) is 5.01. The van der Waals surface area contributed by atoms with Crippen LogP contribution in [0.15, 0.2) is 28.7 Å². The average Bonchev–Trinajstić information content (AvgIpc) is 2.96. The zero-order chi connectivity index (χ0) is 15.0. The highest BCUT2D eigenvalue weighted by Gasteiger charge is 2.28. The van der Waals surface area contributed by atoms with E-state index in [1.54, 1.807) is 0 Å². The number of nitrogens with zero attached hydrogens (tertiary/aromatic N) is 3. The van der Waals surface area contributed by atoms with E-state index in [0.717, 1.165) is 24.5 Å². The number of thiophene rings is 1. The number of hydrogen-bond donors (Lipinski definition) is 2. The van der Waals surface area contributed by atoms with Gasteiger partial charge in [0.05, 0.1) is 11.6 Å². The molecule has 0 aliphatic carbocycles. The van der Waals surface area contributed by atoms with Crippen LogP contribution >= 0.6 is 11.3 Å². The minimum atomic E-state index is 0.0980. The standard InChI is InChI=1S/C15H18N4OS/c1-9-3-4-12(14(16)18-20)15(17-9)19-7-5-13-11(10(19)2)6-8-21-13/h3-4,6,8,10,20H,5,7H2,1-2H3,(H2,16,18). The van der Waals surface area contributed by atoms with Crippen molar-refractivity contribution < 1.29 is 5.21 Å². The van der Waals surface area contributed by atoms with Gasteiger partial charge in [-0.1, -0.05) is 5.16 Å². The maximum atomic E-state index is 8.99. The molecule has 0 radical (unpaired) electrons. The van der Waals surface area contributed by atoms with E-state index < -0.39 is 0 Å². The number of aromatic nitrogens is 1. The normalized spacial score (nSPS) is 18.7. The Morgan fingerprint density at radius 2 is 2.29 bits per heavy atom. The van der Waals surface area contributed by atoms with Crippen molar-refractivity contribution in [3.63, 3.8) is 0 Å². The third kappa shape index (κ3) is 2.35. The molecule has 6 heteroatoms. The van der Waals surface area contributed by atoms with E-state index in [1.165, 1.54) is 10.4 Å². The quantitative estimate of drug-likeness (QED) is 0.387. The Bertz CT molecular complexity index is 695. The molecule has 3 heterocycles. The topological polar surface area (TPSA) is 74.7 Å². The Kier molecular flexibility index (Phi) is 3.55. The third-order valence-corrected chi connectivity index (χ3v) is 4.94. The first-order chi connectivity index (χ1) is 10.1. The van der Waals surface area contributed by atoms with Gasteiger partial charge < -0.3 is 15.8 Å². The summed E-state index contributed by atoms with van der Waals surface area (Å²) in [5.41, 5.74) is 8.75. The Morgan fingerprint density at radius 3 is 3.05 bits per heavy atom. The van der Waals surface area contributed by atoms with Crippen molar-refractivity contribution in [2.24, 2.45) is 10.9 Å². The summed E-state index contributed by atoms with van der Waals surface area (Å²) in [6, 6.07) is 6.15. The number of pyridine rings is 1. The molecular formula is C15H18N4OS. The predicted molar refractivity (Wildman–Crippen MR) is 85.3 cm³/mol. The summed E-state index contributed by atoms with van der Waals surface area (Å²) in [6.07, 6.45) is 1.00. The molecule has 0 aromatic carbocycles. The zero-order valence-electron chi connectivity index (χ0n) is 12.1. The number of fused-ring (bicyclic) bond motifs is 1. The van der Waals surface area contributed by atoms with Gasteiger partial charge in [0.15, 0.2) is 5.84 Å². The van der Waals surface area contributed by atoms with E-state index in [-0.39, 0.29) is 11.9 Å². The summed E-state index contributed by atoms with van der Waals surface area (Å²) in [7, 11) is 0. The molecule has 0 saturated heterocycles. The largest absolute Gasteiger partial charge is 0.409 e. The van der Waals surface area contributed by atoms with Crippen molar-refractivity contribution >= 4 is 23.0 Å². The molecule has 110 valence electrons. The van der Waals surface area contributed by atoms with Crippen molar-refractivity contribution in [3.8, 4) is 0 Å². The summed E-state index contributed by atoms with van der Waals surface area (Å²) < 4.78 is 0. The number of amidine groups is 1. The lowest BCUT2D eigenvalue weighted by Crippen LogP contribution is -2.35. The molecule has 0 amide bonds. The van der Waals surface area contributed by atoms with Gasteiger partial charge >= 0.3 is 0 Å². The molecule has 0 saturated carbocycles. The van der Waals surface area contributed by atoms with Crippen molar-refractivity contribution in [1.29, 1.82) is 0 Å². The number of hydrogen-bond acceptors (Lipinski definition) is 5. The minimum Gasteiger partial charge on any atom is -0.409 e. The van der Waals surface area contributed by atoms with Crippen molar-refractivity contribution in [2.45, 2.75) is 26.3 Å². The van der Waals surface area contributed by atoms with E-state index in [2.05, 4.69) is 33.4 Å². The van der Waals surface area contributed by atoms with Crippen LogP contribution in [0.2, 0.25) is 0 Å². The van der Waals surface area contributed by atoms with Gasteiger partial charge in [0.25, 0.3) is 0 Å².